The van der Waals surface area contributed by atoms with E-state index in [1.807, 2.05) is 0 Å². The summed E-state index contributed by atoms with van der Waals surface area (Å²) >= 11 is 9.88. The van der Waals surface area contributed by atoms with Gasteiger partial charge in [0.2, 0.25) is 0 Å². The van der Waals surface area contributed by atoms with Crippen LogP contribution in [-0.4, -0.2) is 158 Å². The van der Waals surface area contributed by atoms with E-state index < -0.39 is 86.3 Å². The van der Waals surface area contributed by atoms with Crippen LogP contribution in [0.15, 0.2) is 19.9 Å². The van der Waals surface area contributed by atoms with Gasteiger partial charge >= 0.3 is 358 Å². The van der Waals surface area contributed by atoms with Gasteiger partial charge in [-0.2, -0.15) is 0 Å². The molecule has 61 heavy (non-hydrogen) atoms. The number of nitrogen functional groups attached to an aromatic ring is 2. The Bertz CT molecular complexity index is 2280. The van der Waals surface area contributed by atoms with E-state index in [9.17, 15) is 39.2 Å². The van der Waals surface area contributed by atoms with Crippen molar-refractivity contribution >= 4 is 108 Å². The third-order valence-electron chi connectivity index (χ3n) is 9.45. The standard InChI is InChI=1S/C28H40N12O15P2S4/c29-25-35-19-13(21(45)37-25)33-27(39(19)23-15(43)17-9(52-23)5-50-56(47,58)54-17)60-7-11(41)31-1-3-49-4-2-32-12(42)8-61-28-34-14-20(36-26(30)38-22(14)46)40(28)24-16(44)18-10(53-24)6-51-57(48,59)55-18/h9-10,15-18,23-24,43-44,47-48,56-59H,1-8H2,(H,31,41)(H,32,42)(H3,29,35,37,45)(H3,30,36,38,46)/t9?,10?,15-,16-,17+,18+,23+,24+/m0/s1. The molecule has 4 aromatic heterocycles. The Morgan fingerprint density at radius 3 is 1.59 bits per heavy atom. The first-order chi connectivity index (χ1) is 29.0. The third kappa shape index (κ3) is 9.48. The van der Waals surface area contributed by atoms with Gasteiger partial charge in [0.25, 0.3) is 0 Å². The van der Waals surface area contributed by atoms with Crippen LogP contribution < -0.4 is 33.2 Å². The number of ether oxygens (including phenoxy) is 3. The van der Waals surface area contributed by atoms with Crippen LogP contribution in [0.5, 0.6) is 0 Å². The summed E-state index contributed by atoms with van der Waals surface area (Å²) in [7, 11) is -7.60. The number of carbonyl (C=O) groups excluding carboxylic acids is 2. The van der Waals surface area contributed by atoms with E-state index >= 15 is 0 Å². The second-order valence-electron chi connectivity index (χ2n) is 13.7. The molecule has 8 rings (SSSR count). The van der Waals surface area contributed by atoms with Crippen LogP contribution >= 0.6 is 62.3 Å². The molecular weight excluding hydrogens is 935 g/mol. The number of hydrogen-bond acceptors (Lipinski definition) is 25. The van der Waals surface area contributed by atoms with Crippen LogP contribution in [0.3, 0.4) is 0 Å². The van der Waals surface area contributed by atoms with Crippen molar-refractivity contribution in [2.45, 2.75) is 59.4 Å². The number of nitrogens with zero attached hydrogens (tertiary/aromatic N) is 6. The molecule has 4 aliphatic heterocycles. The Hall–Kier alpha value is -2.94. The van der Waals surface area contributed by atoms with E-state index in [-0.39, 0.29) is 95.6 Å². The molecule has 0 saturated carbocycles. The van der Waals surface area contributed by atoms with E-state index in [1.54, 1.807) is 0 Å². The summed E-state index contributed by atoms with van der Waals surface area (Å²) in [5.74, 6) is -1.63. The quantitative estimate of drug-likeness (QED) is 0.0257. The van der Waals surface area contributed by atoms with Gasteiger partial charge in [-0.3, -0.25) is 0 Å². The van der Waals surface area contributed by atoms with Gasteiger partial charge in [0.1, 0.15) is 0 Å². The van der Waals surface area contributed by atoms with Gasteiger partial charge in [-0.1, -0.05) is 0 Å². The van der Waals surface area contributed by atoms with Gasteiger partial charge < -0.3 is 4.74 Å². The Balaban J connectivity index is 0.802. The number of aliphatic hydroxyl groups excluding tert-OH is 2. The van der Waals surface area contributed by atoms with E-state index in [4.69, 9.17) is 43.8 Å². The molecule has 12 N–H and O–H groups in total. The first-order valence-corrected chi connectivity index (χ1v) is 26.2. The zero-order chi connectivity index (χ0) is 43.4. The molecule has 0 aromatic carbocycles. The molecule has 4 aliphatic rings. The van der Waals surface area contributed by atoms with Gasteiger partial charge in [-0.25, -0.2) is 0 Å². The third-order valence-corrected chi connectivity index (χ3v) is 15.0. The van der Waals surface area contributed by atoms with Crippen LogP contribution in [0.25, 0.3) is 22.3 Å². The maximum atomic E-state index is 12.8. The van der Waals surface area contributed by atoms with Crippen LogP contribution in [-0.2, 0) is 41.9 Å². The number of carbonyl (C=O) groups is 2. The van der Waals surface area contributed by atoms with Gasteiger partial charge in [0.05, 0.1) is 0 Å². The van der Waals surface area contributed by atoms with Gasteiger partial charge in [-0.15, -0.1) is 0 Å². The predicted octanol–water partition coefficient (Wildman–Crippen LogP) is -3.14. The van der Waals surface area contributed by atoms with Crippen molar-refractivity contribution in [2.24, 2.45) is 0 Å². The maximum absolute atomic E-state index is 12.8. The number of hydrogen-bond donors (Lipinski definition) is 12. The zero-order valence-electron chi connectivity index (χ0n) is 31.1. The summed E-state index contributed by atoms with van der Waals surface area (Å²) < 4.78 is 41.6. The monoisotopic (exact) mass is 974 g/mol. The summed E-state index contributed by atoms with van der Waals surface area (Å²) in [5.41, 5.74) is 10.0. The number of rotatable bonds is 14. The van der Waals surface area contributed by atoms with Crippen LogP contribution in [0.2, 0.25) is 0 Å². The molecule has 33 heteroatoms. The van der Waals surface area contributed by atoms with Gasteiger partial charge in [-0.05, 0) is 0 Å². The minimum absolute atomic E-state index is 0.0117. The number of fused-ring (bicyclic) bond motifs is 4. The van der Waals surface area contributed by atoms with E-state index in [0.717, 1.165) is 23.5 Å². The van der Waals surface area contributed by atoms with E-state index in [1.165, 1.54) is 9.13 Å². The van der Waals surface area contributed by atoms with Gasteiger partial charge in [0.15, 0.2) is 0 Å². The van der Waals surface area contributed by atoms with Crippen molar-refractivity contribution in [1.29, 1.82) is 0 Å². The first kappa shape index (κ1) is 44.7. The number of amides is 2. The van der Waals surface area contributed by atoms with Crippen molar-refractivity contribution < 1.29 is 61.9 Å². The molecule has 27 nitrogen and oxygen atoms in total. The normalized spacial score (nSPS) is 29.0. The number of aliphatic hydroxyl groups is 2. The average molecular weight is 975 g/mol. The number of H-pyrrole nitrogens is 2. The second-order valence-corrected chi connectivity index (χ2v) is 22.2. The summed E-state index contributed by atoms with van der Waals surface area (Å²) in [4.78, 5) is 93.1. The van der Waals surface area contributed by atoms with E-state index in [0.29, 0.717) is 0 Å². The molecule has 2 unspecified atom stereocenters. The number of nitrogens with one attached hydrogen (secondary N) is 4. The van der Waals surface area contributed by atoms with Crippen LogP contribution in [0, 0.1) is 0 Å². The number of thiol groups is 2. The van der Waals surface area contributed by atoms with Crippen molar-refractivity contribution in [3.05, 3.63) is 20.7 Å². The Kier molecular flexibility index (Phi) is 13.1. The van der Waals surface area contributed by atoms with Crippen molar-refractivity contribution in [3.63, 3.8) is 0 Å². The Labute approximate surface area is 361 Å². The summed E-state index contributed by atoms with van der Waals surface area (Å²) in [5, 5.41) is 27.9. The molecule has 4 aromatic rings. The fourth-order valence-electron chi connectivity index (χ4n) is 6.84. The fraction of sp³-hybridized carbons (Fsp3) is 0.571. The summed E-state index contributed by atoms with van der Waals surface area (Å²) in [6.07, 6.45) is -8.74. The van der Waals surface area contributed by atoms with Crippen LogP contribution in [0.1, 0.15) is 12.5 Å². The molecule has 0 radical (unpaired) electrons. The average Bonchev–Trinajstić information content (AvgIpc) is 3.92. The minimum atomic E-state index is -3.80. The SMILES string of the molecule is Nc1nc2c(nc(SCC(=O)NCCOCCNC(=O)CSc3nc4c(=O)[nH]c(N)nc4n3[C@@H]3OC4CO[PH](O)(S)O[C@H]4[C@@H]3O)n2[C@@H]2OC3CO[PH](O)(S)O[C@H]3[C@@H]2O)c(=O)[nH]1. The number of aromatic nitrogens is 8. The number of aromatic amines is 2. The predicted molar refractivity (Wildman–Crippen MR) is 224 cm³/mol. The van der Waals surface area contributed by atoms with Gasteiger partial charge in [0, 0.05) is 0 Å². The molecule has 8 heterocycles. The van der Waals surface area contributed by atoms with Crippen LogP contribution in [0.4, 0.5) is 11.9 Å². The van der Waals surface area contributed by atoms with Crippen molar-refractivity contribution in [2.75, 3.05) is 62.5 Å². The number of imidazole rings is 2. The molecular formula is C28H40N12O15P2S4. The molecule has 336 valence electrons. The molecule has 0 aliphatic carbocycles. The number of thioether (sulfide) groups is 2. The molecule has 8 atom stereocenters. The second kappa shape index (κ2) is 17.9. The topological polar surface area (TPSA) is 383 Å². The molecule has 2 amide bonds. The first-order valence-electron chi connectivity index (χ1n) is 18.1. The molecule has 4 fully saturated rings. The summed E-state index contributed by atoms with van der Waals surface area (Å²) in [6, 6.07) is 0. The molecule has 4 saturated heterocycles. The number of anilines is 2. The van der Waals surface area contributed by atoms with E-state index in [2.05, 4.69) is 65.0 Å². The number of nitrogens with two attached hydrogens (primary N) is 2. The fourth-order valence-corrected chi connectivity index (χ4v) is 11.9. The zero-order valence-corrected chi connectivity index (χ0v) is 36.5. The van der Waals surface area contributed by atoms with Crippen molar-refractivity contribution in [1.82, 2.24) is 49.7 Å². The molecule has 0 bridgehead atoms. The summed E-state index contributed by atoms with van der Waals surface area (Å²) in [6.45, 7) is 0.174. The van der Waals surface area contributed by atoms with Crippen molar-refractivity contribution in [3.8, 4) is 0 Å². The Morgan fingerprint density at radius 2 is 1.18 bits per heavy atom. The Morgan fingerprint density at radius 1 is 0.770 bits per heavy atom. The molecule has 0 spiro atoms.